The first-order valence-corrected chi connectivity index (χ1v) is 16.4. The van der Waals surface area contributed by atoms with E-state index in [1.807, 2.05) is 60.7 Å². The molecule has 46 heavy (non-hydrogen) atoms. The highest BCUT2D eigenvalue weighted by Gasteiger charge is 2.16. The Morgan fingerprint density at radius 3 is 2.50 bits per heavy atom. The lowest BCUT2D eigenvalue weighted by Crippen LogP contribution is -2.16. The molecule has 0 spiro atoms. The summed E-state index contributed by atoms with van der Waals surface area (Å²) in [5.41, 5.74) is 5.26. The van der Waals surface area contributed by atoms with Crippen molar-refractivity contribution in [2.45, 2.75) is 51.7 Å². The molecule has 4 aromatic carbocycles. The summed E-state index contributed by atoms with van der Waals surface area (Å²) in [6, 6.07) is 25.1. The third-order valence-electron chi connectivity index (χ3n) is 7.51. The van der Waals surface area contributed by atoms with E-state index in [0.717, 1.165) is 69.6 Å². The lowest BCUT2D eigenvalue weighted by molar-refractivity contribution is -0.0465. The minimum absolute atomic E-state index is 0.266. The van der Waals surface area contributed by atoms with Gasteiger partial charge < -0.3 is 34.5 Å². The van der Waals surface area contributed by atoms with Gasteiger partial charge in [0.1, 0.15) is 37.9 Å². The number of aliphatic hydroxyl groups excluding tert-OH is 1. The van der Waals surface area contributed by atoms with E-state index in [-0.39, 0.29) is 13.2 Å². The number of ether oxygens (including phenoxy) is 4. The molecule has 0 amide bonds. The Hall–Kier alpha value is -3.78. The number of halogens is 2. The summed E-state index contributed by atoms with van der Waals surface area (Å²) < 4.78 is 24.9. The highest BCUT2D eigenvalue weighted by atomic mass is 79.9. The number of aliphatic hydroxyl groups is 2. The molecule has 0 radical (unpaired) electrons. The number of fused-ring (bicyclic) bond motifs is 1. The van der Waals surface area contributed by atoms with E-state index in [1.165, 1.54) is 0 Å². The molecule has 0 saturated heterocycles. The molecule has 3 N–H and O–H groups in total. The van der Waals surface area contributed by atoms with Crippen LogP contribution in [0.4, 0.5) is 0 Å². The van der Waals surface area contributed by atoms with Crippen LogP contribution in [-0.4, -0.2) is 36.3 Å². The fraction of sp³-hybridized carbons (Fsp3) is 0.306. The standard InChI is InChI=1S/C36H36BrClN2O6/c37-36-27(8-5-9-29(36)26-11-12-31-34(18-26)44-15-14-43-31)23-46-33-19-32(45-22-25-7-4-6-24(16-25)20-39)28(17-30(33)38)21-40-13-3-1-2-10-35(41)42/h4-9,11-12,16-19,35,40-42H,1-3,10,13-15,21-23H2. The second-order valence-corrected chi connectivity index (χ2v) is 12.1. The predicted octanol–water partition coefficient (Wildman–Crippen LogP) is 7.53. The van der Waals surface area contributed by atoms with Crippen molar-refractivity contribution in [2.24, 2.45) is 0 Å². The van der Waals surface area contributed by atoms with Crippen molar-refractivity contribution >= 4 is 27.5 Å². The third kappa shape index (κ3) is 9.15. The quantitative estimate of drug-likeness (QED) is 0.0859. The zero-order valence-electron chi connectivity index (χ0n) is 25.3. The number of hydrogen-bond acceptors (Lipinski definition) is 8. The second kappa shape index (κ2) is 16.7. The first kappa shape index (κ1) is 33.6. The maximum Gasteiger partial charge on any atom is 0.161 e. The van der Waals surface area contributed by atoms with Gasteiger partial charge in [0.05, 0.1) is 16.7 Å². The molecule has 1 heterocycles. The van der Waals surface area contributed by atoms with Crippen LogP contribution in [0, 0.1) is 11.3 Å². The minimum atomic E-state index is -1.26. The van der Waals surface area contributed by atoms with Crippen LogP contribution in [0.2, 0.25) is 5.02 Å². The zero-order valence-corrected chi connectivity index (χ0v) is 27.6. The first-order valence-electron chi connectivity index (χ1n) is 15.2. The predicted molar refractivity (Wildman–Crippen MR) is 180 cm³/mol. The Kier molecular flexibility index (Phi) is 12.2. The largest absolute Gasteiger partial charge is 0.488 e. The molecule has 5 rings (SSSR count). The van der Waals surface area contributed by atoms with Gasteiger partial charge in [-0.15, -0.1) is 0 Å². The fourth-order valence-electron chi connectivity index (χ4n) is 5.11. The number of nitriles is 1. The summed E-state index contributed by atoms with van der Waals surface area (Å²) in [7, 11) is 0. The van der Waals surface area contributed by atoms with E-state index in [1.54, 1.807) is 12.1 Å². The smallest absolute Gasteiger partial charge is 0.161 e. The van der Waals surface area contributed by atoms with E-state index in [2.05, 4.69) is 27.3 Å². The van der Waals surface area contributed by atoms with Crippen LogP contribution in [0.25, 0.3) is 11.1 Å². The lowest BCUT2D eigenvalue weighted by Gasteiger charge is -2.19. The van der Waals surface area contributed by atoms with E-state index in [4.69, 9.17) is 40.8 Å². The molecule has 240 valence electrons. The molecule has 0 fully saturated rings. The number of rotatable bonds is 15. The summed E-state index contributed by atoms with van der Waals surface area (Å²) in [5.74, 6) is 2.59. The molecule has 0 saturated carbocycles. The zero-order chi connectivity index (χ0) is 32.3. The van der Waals surface area contributed by atoms with E-state index >= 15 is 0 Å². The highest BCUT2D eigenvalue weighted by molar-refractivity contribution is 9.10. The number of nitrogens with zero attached hydrogens (tertiary/aromatic N) is 1. The molecule has 8 nitrogen and oxygen atoms in total. The Bertz CT molecular complexity index is 1680. The second-order valence-electron chi connectivity index (χ2n) is 10.9. The molecule has 0 aromatic heterocycles. The van der Waals surface area contributed by atoms with Crippen LogP contribution in [0.3, 0.4) is 0 Å². The maximum atomic E-state index is 9.29. The van der Waals surface area contributed by atoms with Crippen LogP contribution in [0.1, 0.15) is 47.9 Å². The van der Waals surface area contributed by atoms with Gasteiger partial charge in [-0.2, -0.15) is 5.26 Å². The van der Waals surface area contributed by atoms with Gasteiger partial charge in [0, 0.05) is 28.2 Å². The average Bonchev–Trinajstić information content (AvgIpc) is 3.07. The third-order valence-corrected chi connectivity index (χ3v) is 8.74. The molecule has 1 aliphatic heterocycles. The van der Waals surface area contributed by atoms with E-state index < -0.39 is 6.29 Å². The first-order chi connectivity index (χ1) is 22.4. The van der Waals surface area contributed by atoms with Gasteiger partial charge in [-0.3, -0.25) is 0 Å². The van der Waals surface area contributed by atoms with Gasteiger partial charge in [0.15, 0.2) is 17.8 Å². The molecule has 0 bridgehead atoms. The Morgan fingerprint density at radius 2 is 1.67 bits per heavy atom. The van der Waals surface area contributed by atoms with Crippen LogP contribution >= 0.6 is 27.5 Å². The van der Waals surface area contributed by atoms with E-state index in [0.29, 0.717) is 48.3 Å². The number of nitrogens with one attached hydrogen (secondary N) is 1. The number of unbranched alkanes of at least 4 members (excludes halogenated alkanes) is 2. The van der Waals surface area contributed by atoms with Crippen molar-refractivity contribution in [1.29, 1.82) is 5.26 Å². The molecular weight excluding hydrogens is 672 g/mol. The maximum absolute atomic E-state index is 9.29. The Labute approximate surface area is 282 Å². The van der Waals surface area contributed by atoms with Crippen molar-refractivity contribution in [3.8, 4) is 40.2 Å². The van der Waals surface area contributed by atoms with Gasteiger partial charge >= 0.3 is 0 Å². The summed E-state index contributed by atoms with van der Waals surface area (Å²) in [4.78, 5) is 0. The van der Waals surface area contributed by atoms with Gasteiger partial charge in [0.25, 0.3) is 0 Å². The molecule has 1 aliphatic rings. The van der Waals surface area contributed by atoms with Crippen LogP contribution in [0.5, 0.6) is 23.0 Å². The van der Waals surface area contributed by atoms with Gasteiger partial charge in [-0.25, -0.2) is 0 Å². The summed E-state index contributed by atoms with van der Waals surface area (Å²) in [5, 5.41) is 31.3. The van der Waals surface area contributed by atoms with Crippen molar-refractivity contribution in [3.05, 3.63) is 105 Å². The van der Waals surface area contributed by atoms with E-state index in [9.17, 15) is 5.26 Å². The van der Waals surface area contributed by atoms with Crippen LogP contribution in [-0.2, 0) is 19.8 Å². The van der Waals surface area contributed by atoms with Crippen molar-refractivity contribution in [3.63, 3.8) is 0 Å². The van der Waals surface area contributed by atoms with Crippen molar-refractivity contribution in [2.75, 3.05) is 19.8 Å². The lowest BCUT2D eigenvalue weighted by atomic mass is 10.0. The van der Waals surface area contributed by atoms with Crippen molar-refractivity contribution < 1.29 is 29.2 Å². The SMILES string of the molecule is N#Cc1cccc(COc2cc(OCc3cccc(-c4ccc5c(c4)OCCO5)c3Br)c(Cl)cc2CNCCCCCC(O)O)c1. The topological polar surface area (TPSA) is 113 Å². The number of benzene rings is 4. The minimum Gasteiger partial charge on any atom is -0.488 e. The van der Waals surface area contributed by atoms with Crippen molar-refractivity contribution in [1.82, 2.24) is 5.32 Å². The summed E-state index contributed by atoms with van der Waals surface area (Å²) in [6.45, 7) is 2.89. The normalized spacial score (nSPS) is 12.2. The Balaban J connectivity index is 1.30. The highest BCUT2D eigenvalue weighted by Crippen LogP contribution is 2.39. The summed E-state index contributed by atoms with van der Waals surface area (Å²) >= 11 is 10.5. The molecule has 4 aromatic rings. The van der Waals surface area contributed by atoms with Crippen LogP contribution in [0.15, 0.2) is 77.3 Å². The molecular formula is C36H36BrClN2O6. The van der Waals surface area contributed by atoms with Gasteiger partial charge in [0.2, 0.25) is 0 Å². The molecule has 0 atom stereocenters. The summed E-state index contributed by atoms with van der Waals surface area (Å²) in [6.07, 6.45) is 1.67. The average molecular weight is 708 g/mol. The van der Waals surface area contributed by atoms with Crippen LogP contribution < -0.4 is 24.3 Å². The molecule has 10 heteroatoms. The molecule has 0 aliphatic carbocycles. The fourth-order valence-corrected chi connectivity index (χ4v) is 5.96. The Morgan fingerprint density at radius 1 is 0.870 bits per heavy atom. The van der Waals surface area contributed by atoms with Gasteiger partial charge in [-0.05, 0) is 88.8 Å². The number of hydrogen-bond donors (Lipinski definition) is 3. The monoisotopic (exact) mass is 706 g/mol. The van der Waals surface area contributed by atoms with Gasteiger partial charge in [-0.1, -0.05) is 54.4 Å². The molecule has 0 unspecified atom stereocenters.